The summed E-state index contributed by atoms with van der Waals surface area (Å²) in [5.41, 5.74) is 2.84. The van der Waals surface area contributed by atoms with Crippen LogP contribution in [0.4, 0.5) is 0 Å². The summed E-state index contributed by atoms with van der Waals surface area (Å²) in [4.78, 5) is 17.5. The number of carboxylic acid groups (broad SMARTS) is 1. The van der Waals surface area contributed by atoms with Gasteiger partial charge in [-0.05, 0) is 24.6 Å². The fourth-order valence-corrected chi connectivity index (χ4v) is 3.30. The van der Waals surface area contributed by atoms with E-state index in [9.17, 15) is 4.79 Å². The average Bonchev–Trinajstić information content (AvgIpc) is 3.24. The number of benzene rings is 1. The van der Waals surface area contributed by atoms with Gasteiger partial charge in [0, 0.05) is 31.6 Å². The van der Waals surface area contributed by atoms with E-state index in [1.807, 2.05) is 41.1 Å². The lowest BCUT2D eigenvalue weighted by Gasteiger charge is -2.16. The van der Waals surface area contributed by atoms with Crippen LogP contribution in [0.1, 0.15) is 30.1 Å². The number of carboxylic acids is 1. The molecule has 8 nitrogen and oxygen atoms in total. The number of nitrogens with zero attached hydrogens (tertiary/aromatic N) is 5. The van der Waals surface area contributed by atoms with Crippen molar-refractivity contribution in [2.24, 2.45) is 0 Å². The van der Waals surface area contributed by atoms with Gasteiger partial charge in [-0.2, -0.15) is 10.1 Å². The Morgan fingerprint density at radius 1 is 1.22 bits per heavy atom. The first-order valence-corrected chi connectivity index (χ1v) is 9.05. The van der Waals surface area contributed by atoms with Gasteiger partial charge in [0.1, 0.15) is 0 Å². The normalized spacial score (nSPS) is 14.7. The molecule has 0 saturated carbocycles. The van der Waals surface area contributed by atoms with Crippen LogP contribution in [0.25, 0.3) is 11.5 Å². The van der Waals surface area contributed by atoms with Gasteiger partial charge >= 0.3 is 5.97 Å². The Labute approximate surface area is 156 Å². The molecule has 0 atom stereocenters. The number of hydrogen-bond donors (Lipinski definition) is 1. The number of rotatable bonds is 6. The number of carbonyl (C=O) groups is 1. The Morgan fingerprint density at radius 2 is 2.07 bits per heavy atom. The molecule has 0 bridgehead atoms. The number of aryl methyl sites for hydroxylation is 2. The largest absolute Gasteiger partial charge is 0.481 e. The molecule has 140 valence electrons. The van der Waals surface area contributed by atoms with E-state index >= 15 is 0 Å². The first-order valence-electron chi connectivity index (χ1n) is 9.05. The molecule has 0 unspecified atom stereocenters. The van der Waals surface area contributed by atoms with Crippen LogP contribution in [-0.2, 0) is 30.8 Å². The molecule has 0 saturated heterocycles. The molecule has 0 spiro atoms. The summed E-state index contributed by atoms with van der Waals surface area (Å²) in [6.45, 7) is 3.09. The average molecular weight is 367 g/mol. The van der Waals surface area contributed by atoms with E-state index in [0.717, 1.165) is 43.0 Å². The summed E-state index contributed by atoms with van der Waals surface area (Å²) >= 11 is 0. The first-order chi connectivity index (χ1) is 13.2. The highest BCUT2D eigenvalue weighted by Gasteiger charge is 2.19. The molecule has 2 aromatic heterocycles. The van der Waals surface area contributed by atoms with Crippen LogP contribution in [0.5, 0.6) is 0 Å². The molecule has 1 aromatic carbocycles. The van der Waals surface area contributed by atoms with E-state index < -0.39 is 5.97 Å². The summed E-state index contributed by atoms with van der Waals surface area (Å²) in [7, 11) is 0. The van der Waals surface area contributed by atoms with Crippen LogP contribution in [0.15, 0.2) is 40.9 Å². The molecule has 1 aliphatic rings. The first kappa shape index (κ1) is 17.4. The number of aliphatic carboxylic acids is 1. The van der Waals surface area contributed by atoms with E-state index in [0.29, 0.717) is 24.7 Å². The highest BCUT2D eigenvalue weighted by atomic mass is 16.5. The van der Waals surface area contributed by atoms with Crippen molar-refractivity contribution in [2.45, 2.75) is 38.9 Å². The summed E-state index contributed by atoms with van der Waals surface area (Å²) < 4.78 is 7.38. The predicted octanol–water partition coefficient (Wildman–Crippen LogP) is 2.36. The summed E-state index contributed by atoms with van der Waals surface area (Å²) in [6.07, 6.45) is 1.53. The van der Waals surface area contributed by atoms with Gasteiger partial charge in [0.2, 0.25) is 0 Å². The van der Waals surface area contributed by atoms with Crippen LogP contribution >= 0.6 is 0 Å². The maximum Gasteiger partial charge on any atom is 0.303 e. The standard InChI is InChI=1S/C19H21N5O3/c25-18(26)8-7-15-11-16-12-23(9-4-10-24(16)21-15)13-17-20-19(27-22-17)14-5-2-1-3-6-14/h1-3,5-6,11H,4,7-10,12-13H2,(H,25,26). The molecule has 3 heterocycles. The molecule has 4 rings (SSSR count). The summed E-state index contributed by atoms with van der Waals surface area (Å²) in [5.74, 6) is 0.389. The molecule has 1 aliphatic heterocycles. The van der Waals surface area contributed by atoms with Gasteiger partial charge in [0.05, 0.1) is 24.4 Å². The third-order valence-electron chi connectivity index (χ3n) is 4.59. The van der Waals surface area contributed by atoms with Crippen molar-refractivity contribution in [1.82, 2.24) is 24.8 Å². The highest BCUT2D eigenvalue weighted by molar-refractivity contribution is 5.66. The van der Waals surface area contributed by atoms with E-state index in [1.165, 1.54) is 0 Å². The van der Waals surface area contributed by atoms with Crippen molar-refractivity contribution < 1.29 is 14.4 Å². The van der Waals surface area contributed by atoms with Gasteiger partial charge in [-0.1, -0.05) is 23.4 Å². The SMILES string of the molecule is O=C(O)CCc1cc2n(n1)CCCN(Cc1noc(-c3ccccc3)n1)C2. The Morgan fingerprint density at radius 3 is 2.89 bits per heavy atom. The van der Waals surface area contributed by atoms with Gasteiger partial charge in [-0.15, -0.1) is 0 Å². The third kappa shape index (κ3) is 4.22. The Hall–Kier alpha value is -3.00. The molecule has 3 aromatic rings. The maximum atomic E-state index is 10.8. The second-order valence-electron chi connectivity index (χ2n) is 6.69. The quantitative estimate of drug-likeness (QED) is 0.714. The Bertz CT molecular complexity index is 919. The molecule has 0 fully saturated rings. The van der Waals surface area contributed by atoms with Gasteiger partial charge in [-0.3, -0.25) is 14.4 Å². The molecule has 8 heteroatoms. The van der Waals surface area contributed by atoms with Crippen LogP contribution in [0.2, 0.25) is 0 Å². The molecular weight excluding hydrogens is 346 g/mol. The zero-order valence-corrected chi connectivity index (χ0v) is 14.9. The fraction of sp³-hybridized carbons (Fsp3) is 0.368. The second-order valence-corrected chi connectivity index (χ2v) is 6.69. The summed E-state index contributed by atoms with van der Waals surface area (Å²) in [6, 6.07) is 11.7. The number of aromatic nitrogens is 4. The number of fused-ring (bicyclic) bond motifs is 1. The smallest absolute Gasteiger partial charge is 0.303 e. The van der Waals surface area contributed by atoms with E-state index in [-0.39, 0.29) is 6.42 Å². The van der Waals surface area contributed by atoms with Gasteiger partial charge in [-0.25, -0.2) is 0 Å². The molecule has 1 N–H and O–H groups in total. The van der Waals surface area contributed by atoms with Crippen molar-refractivity contribution in [1.29, 1.82) is 0 Å². The summed E-state index contributed by atoms with van der Waals surface area (Å²) in [5, 5.41) is 17.5. The predicted molar refractivity (Wildman–Crippen MR) is 96.6 cm³/mol. The minimum absolute atomic E-state index is 0.102. The van der Waals surface area contributed by atoms with Crippen molar-refractivity contribution in [3.63, 3.8) is 0 Å². The van der Waals surface area contributed by atoms with Crippen molar-refractivity contribution in [3.8, 4) is 11.5 Å². The number of hydrogen-bond acceptors (Lipinski definition) is 6. The van der Waals surface area contributed by atoms with Crippen molar-refractivity contribution >= 4 is 5.97 Å². The molecule has 0 amide bonds. The van der Waals surface area contributed by atoms with Gasteiger partial charge in [0.15, 0.2) is 5.82 Å². The minimum atomic E-state index is -0.800. The molecule has 0 aliphatic carbocycles. The van der Waals surface area contributed by atoms with Crippen molar-refractivity contribution in [2.75, 3.05) is 6.54 Å². The fourth-order valence-electron chi connectivity index (χ4n) is 3.30. The second kappa shape index (κ2) is 7.71. The zero-order valence-electron chi connectivity index (χ0n) is 14.9. The molecule has 0 radical (unpaired) electrons. The Kier molecular flexibility index (Phi) is 4.97. The third-order valence-corrected chi connectivity index (χ3v) is 4.59. The Balaban J connectivity index is 1.43. The maximum absolute atomic E-state index is 10.8. The molecule has 27 heavy (non-hydrogen) atoms. The monoisotopic (exact) mass is 367 g/mol. The van der Waals surface area contributed by atoms with Crippen LogP contribution in [0.3, 0.4) is 0 Å². The van der Waals surface area contributed by atoms with Gasteiger partial charge in [0.25, 0.3) is 5.89 Å². The lowest BCUT2D eigenvalue weighted by molar-refractivity contribution is -0.136. The topological polar surface area (TPSA) is 97.3 Å². The zero-order chi connectivity index (χ0) is 18.6. The minimum Gasteiger partial charge on any atom is -0.481 e. The van der Waals surface area contributed by atoms with E-state index in [1.54, 1.807) is 0 Å². The molecular formula is C19H21N5O3. The van der Waals surface area contributed by atoms with E-state index in [2.05, 4.69) is 20.1 Å². The van der Waals surface area contributed by atoms with Crippen LogP contribution in [0, 0.1) is 0 Å². The van der Waals surface area contributed by atoms with Crippen LogP contribution in [-0.4, -0.2) is 42.4 Å². The van der Waals surface area contributed by atoms with E-state index in [4.69, 9.17) is 9.63 Å². The van der Waals surface area contributed by atoms with Crippen LogP contribution < -0.4 is 0 Å². The lowest BCUT2D eigenvalue weighted by atomic mass is 10.2. The van der Waals surface area contributed by atoms with Gasteiger partial charge < -0.3 is 9.63 Å². The highest BCUT2D eigenvalue weighted by Crippen LogP contribution is 2.19. The van der Waals surface area contributed by atoms with Crippen molar-refractivity contribution in [3.05, 3.63) is 53.6 Å². The lowest BCUT2D eigenvalue weighted by Crippen LogP contribution is -2.23.